The van der Waals surface area contributed by atoms with Crippen LogP contribution in [0.3, 0.4) is 0 Å². The van der Waals surface area contributed by atoms with E-state index in [-0.39, 0.29) is 0 Å². The average Bonchev–Trinajstić information content (AvgIpc) is 2.20. The van der Waals surface area contributed by atoms with Gasteiger partial charge in [-0.3, -0.25) is 0 Å². The lowest BCUT2D eigenvalue weighted by Gasteiger charge is -2.04. The van der Waals surface area contributed by atoms with Crippen LogP contribution in [-0.4, -0.2) is 34.5 Å². The van der Waals surface area contributed by atoms with Crippen LogP contribution in [-0.2, 0) is 0 Å². The zero-order valence-corrected chi connectivity index (χ0v) is 11.8. The van der Waals surface area contributed by atoms with E-state index in [2.05, 4.69) is 20.4 Å². The lowest BCUT2D eigenvalue weighted by atomic mass is 10.4. The second kappa shape index (κ2) is 11.9. The van der Waals surface area contributed by atoms with Crippen LogP contribution >= 0.6 is 35.3 Å². The Kier molecular flexibility index (Phi) is 12.5. The molecule has 14 heavy (non-hydrogen) atoms. The smallest absolute Gasteiger partial charge is 0.0148 e. The van der Waals surface area contributed by atoms with Crippen molar-refractivity contribution in [1.82, 2.24) is 0 Å². The maximum Gasteiger partial charge on any atom is 0.0148 e. The van der Waals surface area contributed by atoms with E-state index in [9.17, 15) is 0 Å². The summed E-state index contributed by atoms with van der Waals surface area (Å²) in [6, 6.07) is 0. The monoisotopic (exact) mass is 250 g/mol. The van der Waals surface area contributed by atoms with Gasteiger partial charge in [0.05, 0.1) is 0 Å². The van der Waals surface area contributed by atoms with E-state index in [1.165, 1.54) is 35.0 Å². The van der Waals surface area contributed by atoms with Gasteiger partial charge in [-0.25, -0.2) is 0 Å². The third-order valence-corrected chi connectivity index (χ3v) is 4.79. The fraction of sp³-hybridized carbons (Fsp3) is 0.818. The van der Waals surface area contributed by atoms with Gasteiger partial charge in [-0.1, -0.05) is 26.0 Å². The largest absolute Gasteiger partial charge is 0.162 e. The van der Waals surface area contributed by atoms with Crippen molar-refractivity contribution in [2.45, 2.75) is 20.3 Å². The van der Waals surface area contributed by atoms with Gasteiger partial charge in [-0.15, -0.1) is 0 Å². The molecule has 0 aliphatic heterocycles. The lowest BCUT2D eigenvalue weighted by Crippen LogP contribution is -1.92. The summed E-state index contributed by atoms with van der Waals surface area (Å²) < 4.78 is 0. The highest BCUT2D eigenvalue weighted by atomic mass is 32.2. The second-order valence-corrected chi connectivity index (χ2v) is 6.76. The quantitative estimate of drug-likeness (QED) is 0.422. The van der Waals surface area contributed by atoms with E-state index in [1.54, 1.807) is 0 Å². The molecule has 0 nitrogen and oxygen atoms in total. The summed E-state index contributed by atoms with van der Waals surface area (Å²) in [5.41, 5.74) is 1.39. The molecule has 0 heterocycles. The van der Waals surface area contributed by atoms with E-state index in [0.717, 1.165) is 11.5 Å². The molecule has 84 valence electrons. The maximum atomic E-state index is 4.08. The molecule has 0 fully saturated rings. The molecule has 0 aliphatic carbocycles. The van der Waals surface area contributed by atoms with Crippen LogP contribution in [0, 0.1) is 0 Å². The highest BCUT2D eigenvalue weighted by molar-refractivity contribution is 8.00. The van der Waals surface area contributed by atoms with Gasteiger partial charge in [0, 0.05) is 11.5 Å². The first-order valence-electron chi connectivity index (χ1n) is 5.21. The first-order valence-corrected chi connectivity index (χ1v) is 8.67. The van der Waals surface area contributed by atoms with Gasteiger partial charge in [-0.05, 0) is 29.4 Å². The maximum absolute atomic E-state index is 4.08. The molecule has 0 bridgehead atoms. The van der Waals surface area contributed by atoms with E-state index in [1.807, 2.05) is 35.3 Å². The highest BCUT2D eigenvalue weighted by Crippen LogP contribution is 2.13. The Morgan fingerprint density at radius 2 is 1.50 bits per heavy atom. The summed E-state index contributed by atoms with van der Waals surface area (Å²) >= 11 is 6.05. The molecular weight excluding hydrogens is 228 g/mol. The SMILES string of the molecule is C=C(CSCC)CSCCCSCC. The number of rotatable bonds is 10. The number of hydrogen-bond acceptors (Lipinski definition) is 3. The van der Waals surface area contributed by atoms with Crippen molar-refractivity contribution in [3.05, 3.63) is 12.2 Å². The lowest BCUT2D eigenvalue weighted by molar-refractivity contribution is 1.12. The highest BCUT2D eigenvalue weighted by Gasteiger charge is 1.95. The van der Waals surface area contributed by atoms with E-state index in [0.29, 0.717) is 0 Å². The normalized spacial score (nSPS) is 10.4. The molecule has 0 N–H and O–H groups in total. The molecule has 0 aromatic carbocycles. The first-order chi connectivity index (χ1) is 6.81. The molecule has 0 aromatic rings. The topological polar surface area (TPSA) is 0 Å². The molecule has 0 rings (SSSR count). The van der Waals surface area contributed by atoms with E-state index in [4.69, 9.17) is 0 Å². The molecule has 3 heteroatoms. The predicted molar refractivity (Wildman–Crippen MR) is 77.1 cm³/mol. The molecule has 0 saturated carbocycles. The van der Waals surface area contributed by atoms with Crippen molar-refractivity contribution < 1.29 is 0 Å². The first kappa shape index (κ1) is 14.8. The van der Waals surface area contributed by atoms with Crippen molar-refractivity contribution >= 4 is 35.3 Å². The summed E-state index contributed by atoms with van der Waals surface area (Å²) in [6.07, 6.45) is 1.34. The number of thioether (sulfide) groups is 3. The van der Waals surface area contributed by atoms with Crippen molar-refractivity contribution in [3.63, 3.8) is 0 Å². The predicted octanol–water partition coefficient (Wildman–Crippen LogP) is 4.17. The van der Waals surface area contributed by atoms with E-state index >= 15 is 0 Å². The zero-order chi connectivity index (χ0) is 10.6. The molecule has 0 aliphatic rings. The van der Waals surface area contributed by atoms with Crippen LogP contribution < -0.4 is 0 Å². The fourth-order valence-corrected chi connectivity index (χ4v) is 3.34. The summed E-state index contributed by atoms with van der Waals surface area (Å²) in [5.74, 6) is 7.38. The Labute approximate surface area is 102 Å². The van der Waals surface area contributed by atoms with Crippen LogP contribution in [0.1, 0.15) is 20.3 Å². The summed E-state index contributed by atoms with van der Waals surface area (Å²) in [4.78, 5) is 0. The third-order valence-electron chi connectivity index (χ3n) is 1.60. The van der Waals surface area contributed by atoms with E-state index < -0.39 is 0 Å². The summed E-state index contributed by atoms with van der Waals surface area (Å²) in [5, 5.41) is 0. The fourth-order valence-electron chi connectivity index (χ4n) is 0.912. The Bertz CT molecular complexity index is 134. The molecule has 0 radical (unpaired) electrons. The minimum atomic E-state index is 1.15. The Morgan fingerprint density at radius 1 is 0.929 bits per heavy atom. The van der Waals surface area contributed by atoms with Crippen LogP contribution in [0.4, 0.5) is 0 Å². The molecule has 0 spiro atoms. The molecule has 0 saturated heterocycles. The zero-order valence-electron chi connectivity index (χ0n) is 9.38. The second-order valence-electron chi connectivity index (χ2n) is 2.99. The van der Waals surface area contributed by atoms with Gasteiger partial charge in [0.2, 0.25) is 0 Å². The Hall–Kier alpha value is 0.790. The summed E-state index contributed by atoms with van der Waals surface area (Å²) in [6.45, 7) is 8.50. The van der Waals surface area contributed by atoms with Gasteiger partial charge in [0.25, 0.3) is 0 Å². The van der Waals surface area contributed by atoms with Gasteiger partial charge in [-0.2, -0.15) is 35.3 Å². The minimum Gasteiger partial charge on any atom is -0.162 e. The Morgan fingerprint density at radius 3 is 2.14 bits per heavy atom. The van der Waals surface area contributed by atoms with Crippen molar-refractivity contribution in [3.8, 4) is 0 Å². The third kappa shape index (κ3) is 10.9. The summed E-state index contributed by atoms with van der Waals surface area (Å²) in [7, 11) is 0. The molecule has 0 unspecified atom stereocenters. The van der Waals surface area contributed by atoms with Gasteiger partial charge < -0.3 is 0 Å². The van der Waals surface area contributed by atoms with Gasteiger partial charge in [0.1, 0.15) is 0 Å². The number of hydrogen-bond donors (Lipinski definition) is 0. The van der Waals surface area contributed by atoms with Crippen molar-refractivity contribution in [2.24, 2.45) is 0 Å². The Balaban J connectivity index is 3.07. The molecule has 0 atom stereocenters. The van der Waals surface area contributed by atoms with Gasteiger partial charge >= 0.3 is 0 Å². The minimum absolute atomic E-state index is 1.15. The molecule has 0 amide bonds. The molecular formula is C11H22S3. The van der Waals surface area contributed by atoms with Crippen molar-refractivity contribution in [1.29, 1.82) is 0 Å². The van der Waals surface area contributed by atoms with Crippen molar-refractivity contribution in [2.75, 3.05) is 34.5 Å². The molecule has 0 aromatic heterocycles. The van der Waals surface area contributed by atoms with Crippen LogP contribution in [0.2, 0.25) is 0 Å². The van der Waals surface area contributed by atoms with Crippen LogP contribution in [0.25, 0.3) is 0 Å². The van der Waals surface area contributed by atoms with Crippen LogP contribution in [0.5, 0.6) is 0 Å². The van der Waals surface area contributed by atoms with Gasteiger partial charge in [0.15, 0.2) is 0 Å². The average molecular weight is 250 g/mol. The van der Waals surface area contributed by atoms with Crippen LogP contribution in [0.15, 0.2) is 12.2 Å². The standard InChI is InChI=1S/C11H22S3/c1-4-12-7-6-8-14-10-11(3)9-13-5-2/h3-10H2,1-2H3.